The highest BCUT2D eigenvalue weighted by Gasteiger charge is 2.31. The fourth-order valence-electron chi connectivity index (χ4n) is 2.93. The van der Waals surface area contributed by atoms with Gasteiger partial charge in [0, 0.05) is 24.5 Å². The van der Waals surface area contributed by atoms with Crippen LogP contribution in [0.3, 0.4) is 0 Å². The third kappa shape index (κ3) is 4.16. The largest absolute Gasteiger partial charge is 0.334 e. The van der Waals surface area contributed by atoms with Crippen LogP contribution in [0.25, 0.3) is 0 Å². The Bertz CT molecular complexity index is 618. The van der Waals surface area contributed by atoms with Crippen molar-refractivity contribution in [2.75, 3.05) is 18.4 Å². The highest BCUT2D eigenvalue weighted by Crippen LogP contribution is 2.31. The minimum absolute atomic E-state index is 0.0381. The van der Waals surface area contributed by atoms with Crippen molar-refractivity contribution in [2.45, 2.75) is 53.5 Å². The van der Waals surface area contributed by atoms with E-state index in [1.807, 2.05) is 38.7 Å². The molecule has 24 heavy (non-hydrogen) atoms. The number of rotatable bonds is 3. The number of carbonyl (C=O) groups is 2. The van der Waals surface area contributed by atoms with Crippen LogP contribution in [0.2, 0.25) is 0 Å². The van der Waals surface area contributed by atoms with Gasteiger partial charge in [-0.3, -0.25) is 9.59 Å². The minimum atomic E-state index is -0.463. The van der Waals surface area contributed by atoms with Crippen LogP contribution in [0.5, 0.6) is 0 Å². The van der Waals surface area contributed by atoms with Gasteiger partial charge in [0.05, 0.1) is 9.88 Å². The summed E-state index contributed by atoms with van der Waals surface area (Å²) in [5.74, 6) is 0.596. The average Bonchev–Trinajstić information content (AvgIpc) is 2.86. The van der Waals surface area contributed by atoms with E-state index in [2.05, 4.69) is 12.2 Å². The second-order valence-electron chi connectivity index (χ2n) is 7.84. The summed E-state index contributed by atoms with van der Waals surface area (Å²) in [7, 11) is 0. The number of likely N-dealkylation sites (tertiary alicyclic amines) is 1. The molecule has 1 aliphatic rings. The van der Waals surface area contributed by atoms with Crippen molar-refractivity contribution in [2.24, 2.45) is 17.1 Å². The van der Waals surface area contributed by atoms with Gasteiger partial charge >= 0.3 is 0 Å². The first-order valence-electron chi connectivity index (χ1n) is 8.56. The molecule has 2 rings (SSSR count). The van der Waals surface area contributed by atoms with E-state index in [-0.39, 0.29) is 17.9 Å². The fourth-order valence-corrected chi connectivity index (χ4v) is 3.95. The number of nitrogens with two attached hydrogens (primary N) is 1. The number of carbonyl (C=O) groups excluding carboxylic acids is 2. The predicted molar refractivity (Wildman–Crippen MR) is 99.4 cm³/mol. The first-order valence-corrected chi connectivity index (χ1v) is 9.38. The summed E-state index contributed by atoms with van der Waals surface area (Å²) in [4.78, 5) is 27.7. The molecule has 1 aliphatic heterocycles. The van der Waals surface area contributed by atoms with Crippen LogP contribution in [-0.2, 0) is 4.79 Å². The van der Waals surface area contributed by atoms with E-state index >= 15 is 0 Å². The molecule has 1 fully saturated rings. The Morgan fingerprint density at radius 2 is 2.08 bits per heavy atom. The molecular formula is C18H29N3O2S. The van der Waals surface area contributed by atoms with E-state index in [9.17, 15) is 9.59 Å². The molecule has 134 valence electrons. The lowest BCUT2D eigenvalue weighted by atomic mass is 9.92. The van der Waals surface area contributed by atoms with Crippen LogP contribution in [0.15, 0.2) is 6.07 Å². The number of nitrogens with one attached hydrogen (secondary N) is 1. The molecule has 1 aromatic rings. The molecule has 2 atom stereocenters. The van der Waals surface area contributed by atoms with Crippen LogP contribution in [0.1, 0.15) is 55.8 Å². The number of anilines is 1. The van der Waals surface area contributed by atoms with E-state index in [0.29, 0.717) is 17.3 Å². The summed E-state index contributed by atoms with van der Waals surface area (Å²) < 4.78 is 0. The minimum Gasteiger partial charge on any atom is -0.334 e. The summed E-state index contributed by atoms with van der Waals surface area (Å²) >= 11 is 1.36. The van der Waals surface area contributed by atoms with Crippen LogP contribution < -0.4 is 11.1 Å². The number of nitrogens with zero attached hydrogens (tertiary/aromatic N) is 1. The number of aryl methyl sites for hydroxylation is 1. The van der Waals surface area contributed by atoms with Gasteiger partial charge in [0.25, 0.3) is 5.91 Å². The number of thiophene rings is 1. The van der Waals surface area contributed by atoms with Gasteiger partial charge in [-0.2, -0.15) is 0 Å². The summed E-state index contributed by atoms with van der Waals surface area (Å²) in [6.07, 6.45) is 1.97. The Kier molecular flexibility index (Phi) is 5.71. The van der Waals surface area contributed by atoms with Crippen LogP contribution in [-0.4, -0.2) is 35.8 Å². The van der Waals surface area contributed by atoms with E-state index in [1.165, 1.54) is 11.3 Å². The van der Waals surface area contributed by atoms with Crippen LogP contribution in [0, 0.1) is 18.3 Å². The zero-order chi connectivity index (χ0) is 18.1. The molecule has 6 heteroatoms. The van der Waals surface area contributed by atoms with Crippen molar-refractivity contribution in [3.63, 3.8) is 0 Å². The number of hydrogen-bond acceptors (Lipinski definition) is 4. The summed E-state index contributed by atoms with van der Waals surface area (Å²) in [6.45, 7) is 11.0. The average molecular weight is 352 g/mol. The van der Waals surface area contributed by atoms with Crippen LogP contribution >= 0.6 is 11.3 Å². The van der Waals surface area contributed by atoms with Gasteiger partial charge in [-0.1, -0.05) is 27.7 Å². The van der Waals surface area contributed by atoms with Crippen LogP contribution in [0.4, 0.5) is 5.00 Å². The van der Waals surface area contributed by atoms with Gasteiger partial charge in [0.15, 0.2) is 0 Å². The van der Waals surface area contributed by atoms with Gasteiger partial charge in [0.2, 0.25) is 5.91 Å². The van der Waals surface area contributed by atoms with E-state index < -0.39 is 5.41 Å². The van der Waals surface area contributed by atoms with Crippen molar-refractivity contribution in [1.29, 1.82) is 0 Å². The molecule has 2 heterocycles. The number of hydrogen-bond donors (Lipinski definition) is 2. The summed E-state index contributed by atoms with van der Waals surface area (Å²) in [6, 6.07) is 1.99. The smallest absolute Gasteiger partial charge is 0.264 e. The quantitative estimate of drug-likeness (QED) is 0.878. The van der Waals surface area contributed by atoms with Gasteiger partial charge in [-0.15, -0.1) is 11.3 Å². The molecule has 5 nitrogen and oxygen atoms in total. The monoisotopic (exact) mass is 351 g/mol. The highest BCUT2D eigenvalue weighted by molar-refractivity contribution is 7.18. The van der Waals surface area contributed by atoms with Gasteiger partial charge in [-0.05, 0) is 37.3 Å². The Labute approximate surface area is 148 Å². The fraction of sp³-hybridized carbons (Fsp3) is 0.667. The maximum Gasteiger partial charge on any atom is 0.264 e. The van der Waals surface area contributed by atoms with Crippen molar-refractivity contribution in [1.82, 2.24) is 4.90 Å². The SMILES string of the molecule is Cc1cc(NC(=O)C(C)(C)C)sc1C(=O)N1CCC(C)CC1CN. The van der Waals surface area contributed by atoms with Gasteiger partial charge < -0.3 is 16.0 Å². The third-order valence-corrected chi connectivity index (χ3v) is 5.68. The number of amides is 2. The molecule has 1 saturated heterocycles. The first-order chi connectivity index (χ1) is 11.1. The Hall–Kier alpha value is -1.40. The topological polar surface area (TPSA) is 75.4 Å². The molecule has 0 saturated carbocycles. The lowest BCUT2D eigenvalue weighted by molar-refractivity contribution is -0.123. The van der Waals surface area contributed by atoms with E-state index in [0.717, 1.165) is 30.0 Å². The lowest BCUT2D eigenvalue weighted by Gasteiger charge is -2.37. The van der Waals surface area contributed by atoms with Crippen molar-refractivity contribution in [3.8, 4) is 0 Å². The molecule has 2 amide bonds. The molecule has 0 aromatic carbocycles. The molecular weight excluding hydrogens is 322 g/mol. The predicted octanol–water partition coefficient (Wildman–Crippen LogP) is 3.24. The summed E-state index contributed by atoms with van der Waals surface area (Å²) in [5.41, 5.74) is 6.32. The molecule has 0 radical (unpaired) electrons. The maximum atomic E-state index is 13.0. The van der Waals surface area contributed by atoms with E-state index in [1.54, 1.807) is 0 Å². The zero-order valence-corrected chi connectivity index (χ0v) is 16.1. The molecule has 0 bridgehead atoms. The Morgan fingerprint density at radius 3 is 2.67 bits per heavy atom. The Morgan fingerprint density at radius 1 is 1.42 bits per heavy atom. The van der Waals surface area contributed by atoms with E-state index in [4.69, 9.17) is 5.73 Å². The van der Waals surface area contributed by atoms with Gasteiger partial charge in [0.1, 0.15) is 0 Å². The first kappa shape index (κ1) is 18.9. The van der Waals surface area contributed by atoms with Gasteiger partial charge in [-0.25, -0.2) is 0 Å². The molecule has 0 spiro atoms. The highest BCUT2D eigenvalue weighted by atomic mass is 32.1. The van der Waals surface area contributed by atoms with Crippen molar-refractivity contribution < 1.29 is 9.59 Å². The standard InChI is InChI=1S/C18H29N3O2S/c1-11-6-7-21(13(8-11)10-19)16(22)15-12(2)9-14(24-15)20-17(23)18(3,4)5/h9,11,13H,6-8,10,19H2,1-5H3,(H,20,23). The molecule has 1 aromatic heterocycles. The lowest BCUT2D eigenvalue weighted by Crippen LogP contribution is -2.49. The normalized spacial score (nSPS) is 21.7. The van der Waals surface area contributed by atoms with Crippen molar-refractivity contribution in [3.05, 3.63) is 16.5 Å². The molecule has 0 aliphatic carbocycles. The molecule has 3 N–H and O–H groups in total. The zero-order valence-electron chi connectivity index (χ0n) is 15.3. The second-order valence-corrected chi connectivity index (χ2v) is 8.90. The number of piperidine rings is 1. The maximum absolute atomic E-state index is 13.0. The molecule has 2 unspecified atom stereocenters. The second kappa shape index (κ2) is 7.23. The Balaban J connectivity index is 2.17. The summed E-state index contributed by atoms with van der Waals surface area (Å²) in [5, 5.41) is 3.64. The van der Waals surface area contributed by atoms with Crippen molar-refractivity contribution >= 4 is 28.2 Å². The third-order valence-electron chi connectivity index (χ3n) is 4.54.